The van der Waals surface area contributed by atoms with Gasteiger partial charge in [0.25, 0.3) is 0 Å². The Labute approximate surface area is 196 Å². The van der Waals surface area contributed by atoms with E-state index in [1.807, 2.05) is 43.3 Å². The second-order valence-electron chi connectivity index (χ2n) is 9.55. The number of nitrogens with zero attached hydrogens (tertiary/aromatic N) is 1. The number of Topliss-reactive ketones (excluding diaryl/α,β-unsaturated/α-hetero) is 1. The zero-order chi connectivity index (χ0) is 23.6. The summed E-state index contributed by atoms with van der Waals surface area (Å²) < 4.78 is 17.2. The van der Waals surface area contributed by atoms with Gasteiger partial charge in [0.2, 0.25) is 11.8 Å². The molecule has 8 nitrogen and oxygen atoms in total. The van der Waals surface area contributed by atoms with Gasteiger partial charge in [0.15, 0.2) is 0 Å². The molecule has 0 aliphatic carbocycles. The van der Waals surface area contributed by atoms with Crippen LogP contribution in [0.1, 0.15) is 30.7 Å². The SMILES string of the molecule is COc1ccc(CNC(=O)[C@H]2[C@@H]3C=C[C@@]4(O3)[C@H]2C(=O)N2[C@H](c3ccco3)CC(=O)[C@H](C)[C@@H]24)cc1. The third kappa shape index (κ3) is 2.84. The summed E-state index contributed by atoms with van der Waals surface area (Å²) in [6.45, 7) is 2.19. The van der Waals surface area contributed by atoms with Gasteiger partial charge >= 0.3 is 0 Å². The highest BCUT2D eigenvalue weighted by molar-refractivity contribution is 5.96. The molecule has 4 aliphatic heterocycles. The number of nitrogens with one attached hydrogen (secondary N) is 1. The van der Waals surface area contributed by atoms with Gasteiger partial charge in [-0.1, -0.05) is 31.2 Å². The number of hydrogen-bond acceptors (Lipinski definition) is 6. The molecule has 1 aromatic carbocycles. The highest BCUT2D eigenvalue weighted by atomic mass is 16.5. The Morgan fingerprint density at radius 2 is 2.03 bits per heavy atom. The summed E-state index contributed by atoms with van der Waals surface area (Å²) in [5.74, 6) is -0.709. The quantitative estimate of drug-likeness (QED) is 0.686. The maximum Gasteiger partial charge on any atom is 0.230 e. The van der Waals surface area contributed by atoms with E-state index in [1.54, 1.807) is 30.4 Å². The molecule has 2 amide bonds. The van der Waals surface area contributed by atoms with Gasteiger partial charge in [-0.2, -0.15) is 0 Å². The zero-order valence-electron chi connectivity index (χ0n) is 19.0. The standard InChI is InChI=1S/C26H26N2O6/c1-14-18(29)12-17(19-4-3-11-33-19)28-23(14)26-10-9-20(34-26)21(22(26)25(28)31)24(30)27-13-15-5-7-16(32-2)8-6-15/h3-11,14,17,20-23H,12-13H2,1-2H3,(H,27,30)/t14-,17-,20-,21-,22+,23+,26+/m0/s1. The van der Waals surface area contributed by atoms with E-state index in [1.165, 1.54) is 0 Å². The van der Waals surface area contributed by atoms with E-state index in [2.05, 4.69) is 5.32 Å². The lowest BCUT2D eigenvalue weighted by Gasteiger charge is -2.43. The van der Waals surface area contributed by atoms with Crippen molar-refractivity contribution in [2.75, 3.05) is 7.11 Å². The fourth-order valence-electron chi connectivity index (χ4n) is 6.31. The minimum atomic E-state index is -0.982. The number of fused-ring (bicyclic) bond motifs is 2. The topological polar surface area (TPSA) is 98.1 Å². The predicted octanol–water partition coefficient (Wildman–Crippen LogP) is 2.41. The second-order valence-corrected chi connectivity index (χ2v) is 9.55. The lowest BCUT2D eigenvalue weighted by Crippen LogP contribution is -2.55. The van der Waals surface area contributed by atoms with Crippen LogP contribution in [0.4, 0.5) is 0 Å². The number of rotatable bonds is 5. The van der Waals surface area contributed by atoms with E-state index in [0.717, 1.165) is 11.3 Å². The van der Waals surface area contributed by atoms with E-state index in [9.17, 15) is 14.4 Å². The monoisotopic (exact) mass is 462 g/mol. The fraction of sp³-hybridized carbons (Fsp3) is 0.423. The molecule has 34 heavy (non-hydrogen) atoms. The van der Waals surface area contributed by atoms with Crippen LogP contribution in [0, 0.1) is 17.8 Å². The van der Waals surface area contributed by atoms with Gasteiger partial charge in [-0.05, 0) is 29.8 Å². The molecule has 1 aromatic heterocycles. The fourth-order valence-corrected chi connectivity index (χ4v) is 6.31. The first kappa shape index (κ1) is 21.2. The van der Waals surface area contributed by atoms with Crippen molar-refractivity contribution in [2.45, 2.75) is 43.7 Å². The molecule has 3 fully saturated rings. The molecule has 6 rings (SSSR count). The van der Waals surface area contributed by atoms with E-state index in [4.69, 9.17) is 13.9 Å². The summed E-state index contributed by atoms with van der Waals surface area (Å²) in [5.41, 5.74) is -0.0553. The number of benzene rings is 1. The number of methoxy groups -OCH3 is 1. The van der Waals surface area contributed by atoms with Gasteiger partial charge < -0.3 is 24.1 Å². The van der Waals surface area contributed by atoms with Crippen molar-refractivity contribution in [1.82, 2.24) is 10.2 Å². The smallest absolute Gasteiger partial charge is 0.230 e. The van der Waals surface area contributed by atoms with Crippen LogP contribution in [0.5, 0.6) is 5.75 Å². The summed E-state index contributed by atoms with van der Waals surface area (Å²) in [4.78, 5) is 42.0. The van der Waals surface area contributed by atoms with Crippen LogP contribution in [0.15, 0.2) is 59.2 Å². The molecule has 4 aliphatic rings. The van der Waals surface area contributed by atoms with Gasteiger partial charge in [0.05, 0.1) is 43.4 Å². The first-order chi connectivity index (χ1) is 16.4. The molecule has 1 spiro atoms. The molecule has 2 aromatic rings. The Morgan fingerprint density at radius 3 is 2.74 bits per heavy atom. The van der Waals surface area contributed by atoms with Gasteiger partial charge in [-0.15, -0.1) is 0 Å². The van der Waals surface area contributed by atoms with Crippen LogP contribution in [-0.4, -0.2) is 47.4 Å². The molecule has 0 unspecified atom stereocenters. The average Bonchev–Trinajstić information content (AvgIpc) is 3.62. The van der Waals surface area contributed by atoms with Gasteiger partial charge in [-0.25, -0.2) is 0 Å². The molecule has 176 valence electrons. The predicted molar refractivity (Wildman–Crippen MR) is 119 cm³/mol. The first-order valence-corrected chi connectivity index (χ1v) is 11.6. The third-order valence-corrected chi connectivity index (χ3v) is 7.88. The molecule has 5 heterocycles. The van der Waals surface area contributed by atoms with E-state index in [-0.39, 0.29) is 24.0 Å². The van der Waals surface area contributed by atoms with Crippen molar-refractivity contribution in [2.24, 2.45) is 17.8 Å². The summed E-state index contributed by atoms with van der Waals surface area (Å²) in [5, 5.41) is 2.98. The molecule has 0 saturated carbocycles. The minimum Gasteiger partial charge on any atom is -0.497 e. The maximum atomic E-state index is 13.9. The normalized spacial score (nSPS) is 35.4. The number of carbonyl (C=O) groups is 3. The Balaban J connectivity index is 1.29. The first-order valence-electron chi connectivity index (χ1n) is 11.6. The minimum absolute atomic E-state index is 0.0679. The molecular weight excluding hydrogens is 436 g/mol. The van der Waals surface area contributed by atoms with Gasteiger partial charge in [-0.3, -0.25) is 14.4 Å². The molecule has 2 bridgehead atoms. The lowest BCUT2D eigenvalue weighted by molar-refractivity contribution is -0.148. The van der Waals surface area contributed by atoms with Crippen LogP contribution in [0.25, 0.3) is 0 Å². The lowest BCUT2D eigenvalue weighted by atomic mass is 9.70. The van der Waals surface area contributed by atoms with Crippen molar-refractivity contribution in [3.05, 3.63) is 66.1 Å². The average molecular weight is 463 g/mol. The third-order valence-electron chi connectivity index (χ3n) is 7.88. The number of carbonyl (C=O) groups excluding carboxylic acids is 3. The summed E-state index contributed by atoms with van der Waals surface area (Å²) in [6.07, 6.45) is 5.04. The maximum absolute atomic E-state index is 13.9. The number of ketones is 1. The van der Waals surface area contributed by atoms with Crippen molar-refractivity contribution < 1.29 is 28.3 Å². The van der Waals surface area contributed by atoms with Crippen LogP contribution in [0.2, 0.25) is 0 Å². The Bertz CT molecular complexity index is 1170. The van der Waals surface area contributed by atoms with Crippen LogP contribution >= 0.6 is 0 Å². The van der Waals surface area contributed by atoms with E-state index >= 15 is 0 Å². The molecule has 7 atom stereocenters. The molecule has 1 N–H and O–H groups in total. The van der Waals surface area contributed by atoms with Crippen molar-refractivity contribution in [3.8, 4) is 5.75 Å². The highest BCUT2D eigenvalue weighted by Crippen LogP contribution is 2.59. The number of ether oxygens (including phenoxy) is 2. The second kappa shape index (κ2) is 7.56. The number of furan rings is 1. The summed E-state index contributed by atoms with van der Waals surface area (Å²) >= 11 is 0. The summed E-state index contributed by atoms with van der Waals surface area (Å²) in [7, 11) is 1.60. The van der Waals surface area contributed by atoms with Crippen molar-refractivity contribution in [1.29, 1.82) is 0 Å². The molecule has 3 saturated heterocycles. The number of amides is 2. The van der Waals surface area contributed by atoms with Crippen LogP contribution in [0.3, 0.4) is 0 Å². The van der Waals surface area contributed by atoms with E-state index in [0.29, 0.717) is 12.3 Å². The Hall–Kier alpha value is -3.39. The Kier molecular flexibility index (Phi) is 4.71. The Morgan fingerprint density at radius 1 is 1.24 bits per heavy atom. The molecule has 0 radical (unpaired) electrons. The van der Waals surface area contributed by atoms with Gasteiger partial charge in [0, 0.05) is 18.9 Å². The van der Waals surface area contributed by atoms with E-state index < -0.39 is 41.5 Å². The zero-order valence-corrected chi connectivity index (χ0v) is 19.0. The largest absolute Gasteiger partial charge is 0.497 e. The molecule has 8 heteroatoms. The summed E-state index contributed by atoms with van der Waals surface area (Å²) in [6, 6.07) is 10.0. The highest BCUT2D eigenvalue weighted by Gasteiger charge is 2.74. The van der Waals surface area contributed by atoms with Crippen molar-refractivity contribution >= 4 is 17.6 Å². The van der Waals surface area contributed by atoms with Crippen LogP contribution in [-0.2, 0) is 25.7 Å². The molecular formula is C26H26N2O6. The number of piperidine rings is 1. The number of hydrogen-bond donors (Lipinski definition) is 1. The van der Waals surface area contributed by atoms with Crippen molar-refractivity contribution in [3.63, 3.8) is 0 Å². The van der Waals surface area contributed by atoms with Gasteiger partial charge in [0.1, 0.15) is 22.9 Å². The van der Waals surface area contributed by atoms with Crippen LogP contribution < -0.4 is 10.1 Å².